The van der Waals surface area contributed by atoms with Crippen LogP contribution < -0.4 is 0 Å². The van der Waals surface area contributed by atoms with Gasteiger partial charge in [-0.15, -0.1) is 0 Å². The summed E-state index contributed by atoms with van der Waals surface area (Å²) in [4.78, 5) is 7.89. The van der Waals surface area contributed by atoms with Gasteiger partial charge in [-0.05, 0) is 6.07 Å². The maximum Gasteiger partial charge on any atom is 0.155 e. The van der Waals surface area contributed by atoms with Crippen LogP contribution in [0.25, 0.3) is 10.9 Å². The van der Waals surface area contributed by atoms with Crippen LogP contribution in [0.2, 0.25) is 15.2 Å². The predicted octanol–water partition coefficient (Wildman–Crippen LogP) is 3.59. The Labute approximate surface area is 89.5 Å². The van der Waals surface area contributed by atoms with Crippen LogP contribution in [0, 0.1) is 0 Å². The van der Waals surface area contributed by atoms with Crippen LogP contribution in [0.5, 0.6) is 0 Å². The van der Waals surface area contributed by atoms with Gasteiger partial charge in [0.25, 0.3) is 0 Å². The first-order chi connectivity index (χ1) is 6.18. The summed E-state index contributed by atoms with van der Waals surface area (Å²) in [7, 11) is 0. The number of rotatable bonds is 0. The van der Waals surface area contributed by atoms with Crippen LogP contribution in [0.3, 0.4) is 0 Å². The maximum atomic E-state index is 5.88. The van der Waals surface area contributed by atoms with Crippen LogP contribution in [0.1, 0.15) is 0 Å². The molecule has 13 heavy (non-hydrogen) atoms. The SMILES string of the molecule is Clc1cnc2c(Cl)ncc(Cl)c2c1. The van der Waals surface area contributed by atoms with Gasteiger partial charge >= 0.3 is 0 Å². The van der Waals surface area contributed by atoms with Crippen molar-refractivity contribution in [3.63, 3.8) is 0 Å². The number of fused-ring (bicyclic) bond motifs is 1. The quantitative estimate of drug-likeness (QED) is 0.650. The number of hydrogen-bond donors (Lipinski definition) is 0. The first-order valence-electron chi connectivity index (χ1n) is 3.44. The number of nitrogens with zero attached hydrogens (tertiary/aromatic N) is 2. The van der Waals surface area contributed by atoms with Gasteiger partial charge in [-0.2, -0.15) is 0 Å². The van der Waals surface area contributed by atoms with Crippen LogP contribution >= 0.6 is 34.8 Å². The summed E-state index contributed by atoms with van der Waals surface area (Å²) in [6.07, 6.45) is 2.98. The van der Waals surface area contributed by atoms with Crippen molar-refractivity contribution in [2.75, 3.05) is 0 Å². The lowest BCUT2D eigenvalue weighted by Gasteiger charge is -2.00. The first-order valence-corrected chi connectivity index (χ1v) is 4.57. The van der Waals surface area contributed by atoms with Crippen molar-refractivity contribution >= 4 is 45.7 Å². The van der Waals surface area contributed by atoms with Gasteiger partial charge in [0, 0.05) is 17.8 Å². The molecule has 5 heteroatoms. The number of hydrogen-bond acceptors (Lipinski definition) is 2. The zero-order valence-corrected chi connectivity index (χ0v) is 8.53. The summed E-state index contributed by atoms with van der Waals surface area (Å²) in [6, 6.07) is 1.71. The molecule has 0 aromatic carbocycles. The Kier molecular flexibility index (Phi) is 2.28. The Balaban J connectivity index is 2.92. The standard InChI is InChI=1S/C8H3Cl3N2/c9-4-1-5-6(10)3-13-8(11)7(5)12-2-4/h1-3H. The normalized spacial score (nSPS) is 10.7. The molecule has 0 aliphatic rings. The molecule has 0 atom stereocenters. The van der Waals surface area contributed by atoms with Gasteiger partial charge in [-0.3, -0.25) is 4.98 Å². The molecule has 0 bridgehead atoms. The molecule has 0 saturated heterocycles. The second-order valence-corrected chi connectivity index (χ2v) is 3.65. The van der Waals surface area contributed by atoms with Crippen LogP contribution in [-0.2, 0) is 0 Å². The molecule has 0 aliphatic carbocycles. The van der Waals surface area contributed by atoms with E-state index in [9.17, 15) is 0 Å². The van der Waals surface area contributed by atoms with E-state index in [2.05, 4.69) is 9.97 Å². The molecule has 2 nitrogen and oxygen atoms in total. The van der Waals surface area contributed by atoms with E-state index in [0.29, 0.717) is 26.1 Å². The van der Waals surface area contributed by atoms with Gasteiger partial charge in [0.05, 0.1) is 10.0 Å². The van der Waals surface area contributed by atoms with Crippen LogP contribution in [-0.4, -0.2) is 9.97 Å². The molecule has 2 rings (SSSR count). The predicted molar refractivity (Wildman–Crippen MR) is 54.6 cm³/mol. The highest BCUT2D eigenvalue weighted by Gasteiger charge is 2.05. The fraction of sp³-hybridized carbons (Fsp3) is 0. The maximum absolute atomic E-state index is 5.88. The Morgan fingerprint density at radius 3 is 2.54 bits per heavy atom. The highest BCUT2D eigenvalue weighted by Crippen LogP contribution is 2.27. The molecule has 0 amide bonds. The van der Waals surface area contributed by atoms with Gasteiger partial charge in [0.2, 0.25) is 0 Å². The molecule has 2 aromatic heterocycles. The van der Waals surface area contributed by atoms with E-state index in [1.54, 1.807) is 6.07 Å². The molecule has 0 radical (unpaired) electrons. The lowest BCUT2D eigenvalue weighted by Crippen LogP contribution is -1.84. The van der Waals surface area contributed by atoms with E-state index in [4.69, 9.17) is 34.8 Å². The summed E-state index contributed by atoms with van der Waals surface area (Å²) in [6.45, 7) is 0. The van der Waals surface area contributed by atoms with Gasteiger partial charge in [-0.25, -0.2) is 4.98 Å². The van der Waals surface area contributed by atoms with E-state index >= 15 is 0 Å². The lowest BCUT2D eigenvalue weighted by atomic mass is 10.3. The van der Waals surface area contributed by atoms with Crippen molar-refractivity contribution < 1.29 is 0 Å². The second-order valence-electron chi connectivity index (χ2n) is 2.45. The topological polar surface area (TPSA) is 25.8 Å². The number of halogens is 3. The summed E-state index contributed by atoms with van der Waals surface area (Å²) >= 11 is 17.4. The molecule has 0 aliphatic heterocycles. The van der Waals surface area contributed by atoms with E-state index in [-0.39, 0.29) is 0 Å². The molecule has 2 aromatic rings. The summed E-state index contributed by atoms with van der Waals surface area (Å²) < 4.78 is 0. The third kappa shape index (κ3) is 1.57. The Hall–Kier alpha value is -0.570. The molecule has 0 saturated carbocycles. The molecule has 0 spiro atoms. The van der Waals surface area contributed by atoms with Gasteiger partial charge in [-0.1, -0.05) is 34.8 Å². The van der Waals surface area contributed by atoms with Crippen molar-refractivity contribution in [1.29, 1.82) is 0 Å². The first kappa shape index (κ1) is 9.00. The Morgan fingerprint density at radius 1 is 1.00 bits per heavy atom. The third-order valence-electron chi connectivity index (χ3n) is 1.60. The minimum Gasteiger partial charge on any atom is -0.251 e. The smallest absolute Gasteiger partial charge is 0.155 e. The van der Waals surface area contributed by atoms with Crippen molar-refractivity contribution in [2.24, 2.45) is 0 Å². The second kappa shape index (κ2) is 3.29. The van der Waals surface area contributed by atoms with Gasteiger partial charge < -0.3 is 0 Å². The summed E-state index contributed by atoms with van der Waals surface area (Å²) in [5.74, 6) is 0. The average molecular weight is 233 g/mol. The van der Waals surface area contributed by atoms with Crippen molar-refractivity contribution in [3.8, 4) is 0 Å². The largest absolute Gasteiger partial charge is 0.251 e. The Morgan fingerprint density at radius 2 is 1.77 bits per heavy atom. The number of pyridine rings is 2. The van der Waals surface area contributed by atoms with E-state index < -0.39 is 0 Å². The van der Waals surface area contributed by atoms with Gasteiger partial charge in [0.15, 0.2) is 5.15 Å². The average Bonchev–Trinajstić information content (AvgIpc) is 2.12. The highest BCUT2D eigenvalue weighted by atomic mass is 35.5. The summed E-state index contributed by atoms with van der Waals surface area (Å²) in [5, 5.41) is 2.07. The van der Waals surface area contributed by atoms with Crippen molar-refractivity contribution in [1.82, 2.24) is 9.97 Å². The Bertz CT molecular complexity index is 470. The molecule has 66 valence electrons. The number of aromatic nitrogens is 2. The van der Waals surface area contributed by atoms with Crippen LogP contribution in [0.15, 0.2) is 18.5 Å². The molecule has 0 N–H and O–H groups in total. The molecule has 2 heterocycles. The summed E-state index contributed by atoms with van der Waals surface area (Å²) in [5.41, 5.74) is 0.568. The zero-order valence-electron chi connectivity index (χ0n) is 6.26. The van der Waals surface area contributed by atoms with E-state index in [1.807, 2.05) is 0 Å². The molecule has 0 fully saturated rings. The fourth-order valence-electron chi connectivity index (χ4n) is 1.03. The highest BCUT2D eigenvalue weighted by molar-refractivity contribution is 6.39. The third-order valence-corrected chi connectivity index (χ3v) is 2.38. The minimum absolute atomic E-state index is 0.330. The van der Waals surface area contributed by atoms with Crippen LogP contribution in [0.4, 0.5) is 0 Å². The van der Waals surface area contributed by atoms with E-state index in [1.165, 1.54) is 12.4 Å². The molecular weight excluding hydrogens is 230 g/mol. The zero-order chi connectivity index (χ0) is 9.42. The van der Waals surface area contributed by atoms with Crippen molar-refractivity contribution in [2.45, 2.75) is 0 Å². The molecular formula is C8H3Cl3N2. The van der Waals surface area contributed by atoms with Gasteiger partial charge in [0.1, 0.15) is 5.52 Å². The van der Waals surface area contributed by atoms with Crippen molar-refractivity contribution in [3.05, 3.63) is 33.7 Å². The monoisotopic (exact) mass is 232 g/mol. The fourth-order valence-corrected chi connectivity index (χ4v) is 1.58. The molecule has 0 unspecified atom stereocenters. The minimum atomic E-state index is 0.330. The lowest BCUT2D eigenvalue weighted by molar-refractivity contribution is 1.31. The van der Waals surface area contributed by atoms with E-state index in [0.717, 1.165) is 0 Å².